The standard InChI is InChI=1S/C12H16BrN/c1-2-12(14-11-7-8-11)9-3-5-10(13)6-4-9/h3-6,11-12,14H,2,7-8H2,1H3. The zero-order chi connectivity index (χ0) is 9.97. The first-order valence-electron chi connectivity index (χ1n) is 5.31. The number of rotatable bonds is 4. The van der Waals surface area contributed by atoms with Crippen molar-refractivity contribution >= 4 is 15.9 Å². The van der Waals surface area contributed by atoms with Crippen molar-refractivity contribution in [3.05, 3.63) is 34.3 Å². The third-order valence-electron chi connectivity index (χ3n) is 2.69. The smallest absolute Gasteiger partial charge is 0.0320 e. The first-order chi connectivity index (χ1) is 6.79. The van der Waals surface area contributed by atoms with Gasteiger partial charge in [0, 0.05) is 16.6 Å². The highest BCUT2D eigenvalue weighted by molar-refractivity contribution is 9.10. The van der Waals surface area contributed by atoms with Crippen molar-refractivity contribution in [1.29, 1.82) is 0 Å². The van der Waals surface area contributed by atoms with Crippen LogP contribution in [0.25, 0.3) is 0 Å². The van der Waals surface area contributed by atoms with E-state index in [1.54, 1.807) is 0 Å². The molecule has 0 bridgehead atoms. The molecule has 14 heavy (non-hydrogen) atoms. The lowest BCUT2D eigenvalue weighted by Gasteiger charge is -2.16. The molecule has 1 aromatic rings. The molecule has 1 saturated carbocycles. The van der Waals surface area contributed by atoms with E-state index in [2.05, 4.69) is 52.4 Å². The molecular formula is C12H16BrN. The third-order valence-corrected chi connectivity index (χ3v) is 3.22. The van der Waals surface area contributed by atoms with Gasteiger partial charge in [0.25, 0.3) is 0 Å². The predicted molar refractivity (Wildman–Crippen MR) is 63.3 cm³/mol. The van der Waals surface area contributed by atoms with Gasteiger partial charge in [0.15, 0.2) is 0 Å². The Hall–Kier alpha value is -0.340. The second-order valence-electron chi connectivity index (χ2n) is 3.95. The van der Waals surface area contributed by atoms with Gasteiger partial charge in [-0.05, 0) is 37.0 Å². The maximum atomic E-state index is 3.66. The molecule has 0 aliphatic heterocycles. The van der Waals surface area contributed by atoms with Crippen LogP contribution in [0.3, 0.4) is 0 Å². The molecule has 76 valence electrons. The highest BCUT2D eigenvalue weighted by atomic mass is 79.9. The maximum Gasteiger partial charge on any atom is 0.0320 e. The molecule has 1 atom stereocenters. The summed E-state index contributed by atoms with van der Waals surface area (Å²) in [5.41, 5.74) is 1.41. The summed E-state index contributed by atoms with van der Waals surface area (Å²) in [6, 6.07) is 9.96. The van der Waals surface area contributed by atoms with Crippen molar-refractivity contribution in [1.82, 2.24) is 5.32 Å². The highest BCUT2D eigenvalue weighted by Crippen LogP contribution is 2.26. The number of halogens is 1. The van der Waals surface area contributed by atoms with Crippen molar-refractivity contribution in [3.63, 3.8) is 0 Å². The van der Waals surface area contributed by atoms with Gasteiger partial charge in [-0.2, -0.15) is 0 Å². The van der Waals surface area contributed by atoms with Crippen LogP contribution in [0, 0.1) is 0 Å². The van der Waals surface area contributed by atoms with E-state index in [1.807, 2.05) is 0 Å². The average Bonchev–Trinajstić information content (AvgIpc) is 3.00. The summed E-state index contributed by atoms with van der Waals surface area (Å²) in [6.45, 7) is 2.24. The van der Waals surface area contributed by atoms with Crippen LogP contribution in [0.1, 0.15) is 37.8 Å². The molecule has 1 aliphatic carbocycles. The van der Waals surface area contributed by atoms with E-state index in [0.717, 1.165) is 16.9 Å². The van der Waals surface area contributed by atoms with Crippen molar-refractivity contribution < 1.29 is 0 Å². The topological polar surface area (TPSA) is 12.0 Å². The first kappa shape index (κ1) is 10.2. The molecule has 0 saturated heterocycles. The molecule has 1 aromatic carbocycles. The fourth-order valence-electron chi connectivity index (χ4n) is 1.68. The lowest BCUT2D eigenvalue weighted by atomic mass is 10.0. The minimum atomic E-state index is 0.538. The molecule has 0 heterocycles. The lowest BCUT2D eigenvalue weighted by Crippen LogP contribution is -2.22. The van der Waals surface area contributed by atoms with E-state index < -0.39 is 0 Å². The fourth-order valence-corrected chi connectivity index (χ4v) is 1.94. The summed E-state index contributed by atoms with van der Waals surface area (Å²) < 4.78 is 1.16. The second kappa shape index (κ2) is 4.45. The van der Waals surface area contributed by atoms with Gasteiger partial charge in [0.2, 0.25) is 0 Å². The van der Waals surface area contributed by atoms with Crippen LogP contribution >= 0.6 is 15.9 Å². The van der Waals surface area contributed by atoms with Crippen molar-refractivity contribution in [2.24, 2.45) is 0 Å². The third kappa shape index (κ3) is 2.58. The first-order valence-corrected chi connectivity index (χ1v) is 6.10. The quantitative estimate of drug-likeness (QED) is 0.864. The van der Waals surface area contributed by atoms with Crippen LogP contribution in [0.5, 0.6) is 0 Å². The molecule has 1 nitrogen and oxygen atoms in total. The van der Waals surface area contributed by atoms with E-state index in [-0.39, 0.29) is 0 Å². The molecule has 2 rings (SSSR count). The van der Waals surface area contributed by atoms with Crippen LogP contribution in [0.15, 0.2) is 28.7 Å². The average molecular weight is 254 g/mol. The molecule has 0 spiro atoms. The van der Waals surface area contributed by atoms with Crippen LogP contribution in [0.2, 0.25) is 0 Å². The lowest BCUT2D eigenvalue weighted by molar-refractivity contribution is 0.516. The molecular weight excluding hydrogens is 238 g/mol. The monoisotopic (exact) mass is 253 g/mol. The maximum absolute atomic E-state index is 3.66. The van der Waals surface area contributed by atoms with Gasteiger partial charge in [-0.25, -0.2) is 0 Å². The summed E-state index contributed by atoms with van der Waals surface area (Å²) in [5.74, 6) is 0. The minimum absolute atomic E-state index is 0.538. The molecule has 1 unspecified atom stereocenters. The number of hydrogen-bond acceptors (Lipinski definition) is 1. The Morgan fingerprint density at radius 1 is 1.36 bits per heavy atom. The van der Waals surface area contributed by atoms with Gasteiger partial charge in [0.1, 0.15) is 0 Å². The van der Waals surface area contributed by atoms with Crippen LogP contribution in [-0.4, -0.2) is 6.04 Å². The number of benzene rings is 1. The molecule has 1 N–H and O–H groups in total. The molecule has 0 amide bonds. The van der Waals surface area contributed by atoms with Gasteiger partial charge in [0.05, 0.1) is 0 Å². The summed E-state index contributed by atoms with van der Waals surface area (Å²) in [5, 5.41) is 3.66. The Labute approximate surface area is 94.0 Å². The zero-order valence-corrected chi connectivity index (χ0v) is 10.0. The highest BCUT2D eigenvalue weighted by Gasteiger charge is 2.24. The van der Waals surface area contributed by atoms with E-state index in [0.29, 0.717) is 6.04 Å². The normalized spacial score (nSPS) is 18.1. The van der Waals surface area contributed by atoms with Crippen molar-refractivity contribution in [2.45, 2.75) is 38.3 Å². The summed E-state index contributed by atoms with van der Waals surface area (Å²) in [6.07, 6.45) is 3.87. The Bertz CT molecular complexity index is 290. The van der Waals surface area contributed by atoms with Crippen LogP contribution in [0.4, 0.5) is 0 Å². The predicted octanol–water partition coefficient (Wildman–Crippen LogP) is 3.65. The summed E-state index contributed by atoms with van der Waals surface area (Å²) in [4.78, 5) is 0. The van der Waals surface area contributed by atoms with E-state index in [4.69, 9.17) is 0 Å². The summed E-state index contributed by atoms with van der Waals surface area (Å²) in [7, 11) is 0. The SMILES string of the molecule is CCC(NC1CC1)c1ccc(Br)cc1. The van der Waals surface area contributed by atoms with Gasteiger partial charge < -0.3 is 5.32 Å². The number of nitrogens with one attached hydrogen (secondary N) is 1. The fraction of sp³-hybridized carbons (Fsp3) is 0.500. The Morgan fingerprint density at radius 3 is 2.50 bits per heavy atom. The number of hydrogen-bond donors (Lipinski definition) is 1. The molecule has 0 radical (unpaired) electrons. The Kier molecular flexibility index (Phi) is 3.24. The van der Waals surface area contributed by atoms with Gasteiger partial charge in [-0.1, -0.05) is 35.0 Å². The van der Waals surface area contributed by atoms with Crippen LogP contribution in [-0.2, 0) is 0 Å². The van der Waals surface area contributed by atoms with Crippen molar-refractivity contribution in [3.8, 4) is 0 Å². The van der Waals surface area contributed by atoms with E-state index in [1.165, 1.54) is 18.4 Å². The summed E-state index contributed by atoms with van der Waals surface area (Å²) >= 11 is 3.46. The van der Waals surface area contributed by atoms with Crippen molar-refractivity contribution in [2.75, 3.05) is 0 Å². The van der Waals surface area contributed by atoms with E-state index in [9.17, 15) is 0 Å². The van der Waals surface area contributed by atoms with E-state index >= 15 is 0 Å². The van der Waals surface area contributed by atoms with Gasteiger partial charge >= 0.3 is 0 Å². The molecule has 0 aromatic heterocycles. The minimum Gasteiger partial charge on any atom is -0.307 e. The molecule has 1 fully saturated rings. The van der Waals surface area contributed by atoms with Gasteiger partial charge in [-0.3, -0.25) is 0 Å². The zero-order valence-electron chi connectivity index (χ0n) is 8.46. The van der Waals surface area contributed by atoms with Gasteiger partial charge in [-0.15, -0.1) is 0 Å². The Balaban J connectivity index is 2.05. The van der Waals surface area contributed by atoms with Crippen LogP contribution < -0.4 is 5.32 Å². The second-order valence-corrected chi connectivity index (χ2v) is 4.87. The largest absolute Gasteiger partial charge is 0.307 e. The Morgan fingerprint density at radius 2 is 2.00 bits per heavy atom. The molecule has 1 aliphatic rings. The molecule has 2 heteroatoms.